The molecular formula is C32H46FN5O4. The molecule has 4 rings (SSSR count). The second-order valence-corrected chi connectivity index (χ2v) is 12.7. The third-order valence-electron chi connectivity index (χ3n) is 9.43. The lowest BCUT2D eigenvalue weighted by Gasteiger charge is -2.37. The van der Waals surface area contributed by atoms with Gasteiger partial charge in [0.05, 0.1) is 17.3 Å². The topological polar surface area (TPSA) is 131 Å². The highest BCUT2D eigenvalue weighted by Gasteiger charge is 2.35. The molecular weight excluding hydrogens is 537 g/mol. The molecule has 0 radical (unpaired) electrons. The number of anilines is 1. The van der Waals surface area contributed by atoms with Crippen LogP contribution in [0.1, 0.15) is 94.6 Å². The minimum Gasteiger partial charge on any atom is -0.390 e. The van der Waals surface area contributed by atoms with Crippen molar-refractivity contribution in [3.63, 3.8) is 0 Å². The molecule has 1 aliphatic carbocycles. The Morgan fingerprint density at radius 3 is 2.45 bits per heavy atom. The molecule has 42 heavy (non-hydrogen) atoms. The second kappa shape index (κ2) is 13.5. The number of benzene rings is 1. The van der Waals surface area contributed by atoms with E-state index < -0.39 is 29.3 Å². The number of aromatic nitrogens is 2. The number of ketones is 1. The number of piperidine rings is 1. The van der Waals surface area contributed by atoms with Gasteiger partial charge in [-0.15, -0.1) is 0 Å². The molecule has 2 aromatic rings. The predicted octanol–water partition coefficient (Wildman–Crippen LogP) is 4.50. The Bertz CT molecular complexity index is 1260. The van der Waals surface area contributed by atoms with Crippen LogP contribution < -0.4 is 11.1 Å². The summed E-state index contributed by atoms with van der Waals surface area (Å²) in [4.78, 5) is 41.5. The first-order valence-electron chi connectivity index (χ1n) is 15.3. The number of aryl methyl sites for hydroxylation is 1. The van der Waals surface area contributed by atoms with Crippen LogP contribution in [-0.2, 0) is 16.1 Å². The third-order valence-corrected chi connectivity index (χ3v) is 9.43. The van der Waals surface area contributed by atoms with Crippen LogP contribution in [0.3, 0.4) is 0 Å². The van der Waals surface area contributed by atoms with Crippen LogP contribution in [-0.4, -0.2) is 62.1 Å². The summed E-state index contributed by atoms with van der Waals surface area (Å²) in [5.74, 6) is -1.78. The Labute approximate surface area is 248 Å². The van der Waals surface area contributed by atoms with Crippen LogP contribution in [0.4, 0.5) is 10.1 Å². The first-order chi connectivity index (χ1) is 19.9. The van der Waals surface area contributed by atoms with E-state index in [4.69, 9.17) is 5.73 Å². The van der Waals surface area contributed by atoms with Crippen LogP contribution in [0, 0.1) is 23.6 Å². The van der Waals surface area contributed by atoms with E-state index >= 15 is 4.39 Å². The summed E-state index contributed by atoms with van der Waals surface area (Å²) in [5, 5.41) is 17.1. The molecule has 3 atom stereocenters. The van der Waals surface area contributed by atoms with Gasteiger partial charge in [0, 0.05) is 44.1 Å². The highest BCUT2D eigenvalue weighted by Crippen LogP contribution is 2.36. The Morgan fingerprint density at radius 2 is 1.83 bits per heavy atom. The Balaban J connectivity index is 1.45. The summed E-state index contributed by atoms with van der Waals surface area (Å²) in [5.41, 5.74) is 6.60. The number of hydrogen-bond acceptors (Lipinski definition) is 6. The van der Waals surface area contributed by atoms with Gasteiger partial charge in [-0.1, -0.05) is 32.8 Å². The molecule has 1 aliphatic heterocycles. The lowest BCUT2D eigenvalue weighted by molar-refractivity contribution is -0.136. The van der Waals surface area contributed by atoms with E-state index in [9.17, 15) is 19.5 Å². The molecule has 0 bridgehead atoms. The van der Waals surface area contributed by atoms with Crippen LogP contribution in [0.5, 0.6) is 0 Å². The van der Waals surface area contributed by atoms with Crippen LogP contribution >= 0.6 is 0 Å². The van der Waals surface area contributed by atoms with E-state index in [1.807, 2.05) is 6.92 Å². The van der Waals surface area contributed by atoms with Gasteiger partial charge >= 0.3 is 0 Å². The molecule has 1 aromatic carbocycles. The zero-order chi connectivity index (χ0) is 30.6. The fourth-order valence-electron chi connectivity index (χ4n) is 6.27. The lowest BCUT2D eigenvalue weighted by Crippen LogP contribution is -2.51. The maximum absolute atomic E-state index is 15.4. The standard InChI is InChI=1S/C32H46FN5O4/c1-5-38-27(12-15-35-38)28(39)19-24(22-8-6-20(2)7-9-22)30(40)36-26-11-10-23(18-25(26)33)21(3)29(34)31(41)37-16-13-32(4,42)14-17-37/h10-12,15,18,20-22,24,29,42H,5-9,13-14,16-17,19,34H2,1-4H3,(H,36,40)/t20?,21-,22?,24-,29+/m0/s1. The fraction of sp³-hybridized carbons (Fsp3) is 0.625. The largest absolute Gasteiger partial charge is 0.390 e. The van der Waals surface area contributed by atoms with Crippen LogP contribution in [0.25, 0.3) is 0 Å². The number of rotatable bonds is 10. The average Bonchev–Trinajstić information content (AvgIpc) is 3.45. The van der Waals surface area contributed by atoms with Gasteiger partial charge in [0.1, 0.15) is 11.5 Å². The van der Waals surface area contributed by atoms with Gasteiger partial charge in [0.15, 0.2) is 5.78 Å². The minimum absolute atomic E-state index is 0.0352. The van der Waals surface area contributed by atoms with Crippen molar-refractivity contribution in [3.05, 3.63) is 47.5 Å². The molecule has 230 valence electrons. The molecule has 2 fully saturated rings. The molecule has 2 aliphatic rings. The maximum Gasteiger partial charge on any atom is 0.240 e. The highest BCUT2D eigenvalue weighted by molar-refractivity contribution is 6.00. The van der Waals surface area contributed by atoms with Gasteiger partial charge in [0.25, 0.3) is 0 Å². The van der Waals surface area contributed by atoms with Gasteiger partial charge in [-0.2, -0.15) is 5.10 Å². The zero-order valence-electron chi connectivity index (χ0n) is 25.3. The number of carbonyl (C=O) groups is 3. The van der Waals surface area contributed by atoms with Gasteiger partial charge in [-0.05, 0) is 75.1 Å². The molecule has 4 N–H and O–H groups in total. The van der Waals surface area contributed by atoms with E-state index in [0.717, 1.165) is 25.7 Å². The Morgan fingerprint density at radius 1 is 1.17 bits per heavy atom. The van der Waals surface area contributed by atoms with Gasteiger partial charge in [0.2, 0.25) is 11.8 Å². The van der Waals surface area contributed by atoms with Crippen molar-refractivity contribution in [3.8, 4) is 0 Å². The summed E-state index contributed by atoms with van der Waals surface area (Å²) in [6.07, 6.45) is 6.27. The Hall–Kier alpha value is -3.11. The number of halogens is 1. The van der Waals surface area contributed by atoms with Crippen molar-refractivity contribution in [1.82, 2.24) is 14.7 Å². The fourth-order valence-corrected chi connectivity index (χ4v) is 6.27. The molecule has 2 amide bonds. The average molecular weight is 584 g/mol. The van der Waals surface area contributed by atoms with Crippen molar-refractivity contribution in [2.24, 2.45) is 23.5 Å². The molecule has 0 unspecified atom stereocenters. The van der Waals surface area contributed by atoms with Gasteiger partial charge in [-0.3, -0.25) is 19.1 Å². The van der Waals surface area contributed by atoms with E-state index in [1.54, 1.807) is 41.8 Å². The van der Waals surface area contributed by atoms with Crippen molar-refractivity contribution in [2.45, 2.75) is 96.7 Å². The first-order valence-corrected chi connectivity index (χ1v) is 15.3. The lowest BCUT2D eigenvalue weighted by atomic mass is 9.74. The number of nitrogens with two attached hydrogens (primary N) is 1. The summed E-state index contributed by atoms with van der Waals surface area (Å²) in [7, 11) is 0. The predicted molar refractivity (Wildman–Crippen MR) is 159 cm³/mol. The molecule has 1 saturated heterocycles. The smallest absolute Gasteiger partial charge is 0.240 e. The van der Waals surface area contributed by atoms with E-state index in [2.05, 4.69) is 17.3 Å². The first kappa shape index (κ1) is 31.8. The molecule has 1 aromatic heterocycles. The third kappa shape index (κ3) is 7.45. The normalized spacial score (nSPS) is 22.7. The van der Waals surface area contributed by atoms with E-state index in [1.165, 1.54) is 12.1 Å². The van der Waals surface area contributed by atoms with Crippen molar-refractivity contribution < 1.29 is 23.9 Å². The Kier molecular flexibility index (Phi) is 10.2. The minimum atomic E-state index is -0.867. The molecule has 0 spiro atoms. The van der Waals surface area contributed by atoms with Crippen LogP contribution in [0.15, 0.2) is 30.5 Å². The number of likely N-dealkylation sites (tertiary alicyclic amines) is 1. The summed E-state index contributed by atoms with van der Waals surface area (Å²) in [6.45, 7) is 9.06. The number of carbonyl (C=O) groups excluding carboxylic acids is 3. The SMILES string of the molecule is CCn1nccc1C(=O)C[C@H](C(=O)Nc1ccc([C@H](C)[C@@H](N)C(=O)N2CCC(C)(O)CC2)cc1F)C1CCC(C)CC1. The van der Waals surface area contributed by atoms with E-state index in [0.29, 0.717) is 49.7 Å². The van der Waals surface area contributed by atoms with E-state index in [-0.39, 0.29) is 35.6 Å². The number of hydrogen-bond donors (Lipinski definition) is 3. The molecule has 1 saturated carbocycles. The molecule has 10 heteroatoms. The van der Waals surface area contributed by atoms with Crippen molar-refractivity contribution >= 4 is 23.3 Å². The van der Waals surface area contributed by atoms with Crippen molar-refractivity contribution in [2.75, 3.05) is 18.4 Å². The zero-order valence-corrected chi connectivity index (χ0v) is 25.3. The number of Topliss-reactive ketones (excluding diaryl/α,β-unsaturated/α-hetero) is 1. The summed E-state index contributed by atoms with van der Waals surface area (Å²) >= 11 is 0. The highest BCUT2D eigenvalue weighted by atomic mass is 19.1. The molecule has 2 heterocycles. The number of nitrogens with one attached hydrogen (secondary N) is 1. The molecule has 9 nitrogen and oxygen atoms in total. The number of amides is 2. The second-order valence-electron chi connectivity index (χ2n) is 12.7. The number of aliphatic hydroxyl groups is 1. The monoisotopic (exact) mass is 583 g/mol. The van der Waals surface area contributed by atoms with Gasteiger partial charge < -0.3 is 21.1 Å². The van der Waals surface area contributed by atoms with Gasteiger partial charge in [-0.25, -0.2) is 4.39 Å². The van der Waals surface area contributed by atoms with Crippen molar-refractivity contribution in [1.29, 1.82) is 0 Å². The van der Waals surface area contributed by atoms with Crippen LogP contribution in [0.2, 0.25) is 0 Å². The summed E-state index contributed by atoms with van der Waals surface area (Å²) < 4.78 is 17.0. The maximum atomic E-state index is 15.4. The number of nitrogens with zero attached hydrogens (tertiary/aromatic N) is 3. The quantitative estimate of drug-likeness (QED) is 0.353. The summed E-state index contributed by atoms with van der Waals surface area (Å²) in [6, 6.07) is 5.31.